The van der Waals surface area contributed by atoms with Crippen LogP contribution in [0.15, 0.2) is 12.0 Å². The molecule has 0 radical (unpaired) electrons. The average Bonchev–Trinajstić information content (AvgIpc) is 2.45. The van der Waals surface area contributed by atoms with Crippen LogP contribution in [0.4, 0.5) is 0 Å². The zero-order chi connectivity index (χ0) is 17.5. The van der Waals surface area contributed by atoms with E-state index in [0.29, 0.717) is 17.7 Å². The van der Waals surface area contributed by atoms with E-state index in [-0.39, 0.29) is 12.5 Å². The SMILES string of the molecule is CN(/C=C(\C=N)OC1CCC(C(C)(C)C)CC1)NCCC(=O)O. The van der Waals surface area contributed by atoms with Crippen LogP contribution >= 0.6 is 0 Å². The van der Waals surface area contributed by atoms with Crippen molar-refractivity contribution in [2.75, 3.05) is 13.6 Å². The first kappa shape index (κ1) is 19.5. The molecule has 0 heterocycles. The molecule has 6 heteroatoms. The Hall–Kier alpha value is -1.56. The second-order valence-corrected chi connectivity index (χ2v) is 7.30. The van der Waals surface area contributed by atoms with Crippen molar-refractivity contribution in [1.82, 2.24) is 10.4 Å². The minimum absolute atomic E-state index is 0.0514. The van der Waals surface area contributed by atoms with Crippen LogP contribution in [0.3, 0.4) is 0 Å². The molecule has 1 aliphatic rings. The maximum Gasteiger partial charge on any atom is 0.304 e. The van der Waals surface area contributed by atoms with Crippen LogP contribution in [0.5, 0.6) is 0 Å². The molecule has 1 rings (SSSR count). The zero-order valence-corrected chi connectivity index (χ0v) is 14.8. The fraction of sp³-hybridized carbons (Fsp3) is 0.765. The van der Waals surface area contributed by atoms with Gasteiger partial charge in [0.2, 0.25) is 0 Å². The number of carboxylic acid groups (broad SMARTS) is 1. The average molecular weight is 325 g/mol. The molecule has 0 aromatic rings. The predicted octanol–water partition coefficient (Wildman–Crippen LogP) is 3.01. The van der Waals surface area contributed by atoms with Gasteiger partial charge < -0.3 is 20.3 Å². The Morgan fingerprint density at radius 2 is 1.96 bits per heavy atom. The molecule has 132 valence electrons. The summed E-state index contributed by atoms with van der Waals surface area (Å²) in [7, 11) is 1.77. The van der Waals surface area contributed by atoms with Gasteiger partial charge in [0.05, 0.1) is 24.9 Å². The fourth-order valence-corrected chi connectivity index (χ4v) is 2.92. The lowest BCUT2D eigenvalue weighted by Crippen LogP contribution is -2.33. The van der Waals surface area contributed by atoms with Gasteiger partial charge in [-0.25, -0.2) is 5.43 Å². The van der Waals surface area contributed by atoms with Gasteiger partial charge >= 0.3 is 5.97 Å². The first-order valence-electron chi connectivity index (χ1n) is 8.29. The summed E-state index contributed by atoms with van der Waals surface area (Å²) in [6.45, 7) is 7.21. The van der Waals surface area contributed by atoms with Crippen LogP contribution < -0.4 is 5.43 Å². The number of rotatable bonds is 8. The number of allylic oxidation sites excluding steroid dienone is 1. The highest BCUT2D eigenvalue weighted by molar-refractivity contribution is 5.72. The maximum absolute atomic E-state index is 10.5. The van der Waals surface area contributed by atoms with Gasteiger partial charge in [-0.2, -0.15) is 0 Å². The molecule has 0 aliphatic heterocycles. The molecule has 0 unspecified atom stereocenters. The molecule has 0 aromatic carbocycles. The Morgan fingerprint density at radius 1 is 1.35 bits per heavy atom. The summed E-state index contributed by atoms with van der Waals surface area (Å²) in [5.41, 5.74) is 3.28. The van der Waals surface area contributed by atoms with Gasteiger partial charge in [0.15, 0.2) is 5.76 Å². The topological polar surface area (TPSA) is 85.7 Å². The van der Waals surface area contributed by atoms with Gasteiger partial charge in [0.25, 0.3) is 0 Å². The summed E-state index contributed by atoms with van der Waals surface area (Å²) in [5, 5.41) is 17.7. The molecule has 0 atom stereocenters. The van der Waals surface area contributed by atoms with Crippen LogP contribution in [-0.4, -0.2) is 42.0 Å². The quantitative estimate of drug-likeness (QED) is 0.363. The van der Waals surface area contributed by atoms with E-state index in [0.717, 1.165) is 31.6 Å². The second kappa shape index (κ2) is 8.91. The summed E-state index contributed by atoms with van der Waals surface area (Å²) in [6.07, 6.45) is 7.45. The molecule has 0 aromatic heterocycles. The standard InChI is InChI=1S/C17H31N3O3/c1-17(2,3)13-5-7-14(8-6-13)23-15(11-18)12-20(4)19-10-9-16(21)22/h11-14,18-19H,5-10H2,1-4H3,(H,21,22)/b15-12+,18-11?. The van der Waals surface area contributed by atoms with Gasteiger partial charge in [0.1, 0.15) is 0 Å². The van der Waals surface area contributed by atoms with E-state index in [2.05, 4.69) is 26.2 Å². The molecule has 0 saturated heterocycles. The fourth-order valence-electron chi connectivity index (χ4n) is 2.92. The van der Waals surface area contributed by atoms with Crippen molar-refractivity contribution in [2.45, 2.75) is 59.0 Å². The van der Waals surface area contributed by atoms with Crippen LogP contribution in [-0.2, 0) is 9.53 Å². The van der Waals surface area contributed by atoms with Crippen molar-refractivity contribution in [1.29, 1.82) is 5.41 Å². The summed E-state index contributed by atoms with van der Waals surface area (Å²) < 4.78 is 5.92. The van der Waals surface area contributed by atoms with E-state index in [4.69, 9.17) is 15.3 Å². The zero-order valence-electron chi connectivity index (χ0n) is 14.8. The first-order chi connectivity index (χ1) is 10.7. The molecule has 6 nitrogen and oxygen atoms in total. The van der Waals surface area contributed by atoms with E-state index in [9.17, 15) is 4.79 Å². The molecule has 0 bridgehead atoms. The lowest BCUT2D eigenvalue weighted by molar-refractivity contribution is -0.137. The third-order valence-corrected chi connectivity index (χ3v) is 4.36. The summed E-state index contributed by atoms with van der Waals surface area (Å²) in [4.78, 5) is 10.5. The molecular weight excluding hydrogens is 294 g/mol. The molecule has 23 heavy (non-hydrogen) atoms. The highest BCUT2D eigenvalue weighted by Gasteiger charge is 2.30. The van der Waals surface area contributed by atoms with Crippen LogP contribution in [0.2, 0.25) is 0 Å². The summed E-state index contributed by atoms with van der Waals surface area (Å²) in [6, 6.07) is 0. The van der Waals surface area contributed by atoms with Crippen LogP contribution in [0.25, 0.3) is 0 Å². The number of nitrogens with zero attached hydrogens (tertiary/aromatic N) is 1. The monoisotopic (exact) mass is 325 g/mol. The number of carbonyl (C=O) groups is 1. The second-order valence-electron chi connectivity index (χ2n) is 7.30. The van der Waals surface area contributed by atoms with Gasteiger partial charge in [-0.1, -0.05) is 20.8 Å². The Balaban J connectivity index is 2.43. The Bertz CT molecular complexity index is 421. The Morgan fingerprint density at radius 3 is 2.43 bits per heavy atom. The van der Waals surface area contributed by atoms with Crippen molar-refractivity contribution >= 4 is 12.2 Å². The summed E-state index contributed by atoms with van der Waals surface area (Å²) >= 11 is 0. The van der Waals surface area contributed by atoms with Crippen molar-refractivity contribution < 1.29 is 14.6 Å². The molecule has 0 amide bonds. The molecule has 1 aliphatic carbocycles. The number of nitrogens with one attached hydrogen (secondary N) is 2. The van der Waals surface area contributed by atoms with Gasteiger partial charge in [-0.15, -0.1) is 0 Å². The van der Waals surface area contributed by atoms with E-state index in [1.165, 1.54) is 6.21 Å². The van der Waals surface area contributed by atoms with Crippen molar-refractivity contribution in [3.05, 3.63) is 12.0 Å². The number of hydrogen-bond donors (Lipinski definition) is 3. The number of aliphatic carboxylic acids is 1. The number of hydrogen-bond acceptors (Lipinski definition) is 5. The lowest BCUT2D eigenvalue weighted by atomic mass is 9.72. The lowest BCUT2D eigenvalue weighted by Gasteiger charge is -2.37. The van der Waals surface area contributed by atoms with Gasteiger partial charge in [0, 0.05) is 13.6 Å². The molecule has 1 saturated carbocycles. The predicted molar refractivity (Wildman–Crippen MR) is 91.2 cm³/mol. The maximum atomic E-state index is 10.5. The Kier molecular flexibility index (Phi) is 7.55. The highest BCUT2D eigenvalue weighted by atomic mass is 16.5. The smallest absolute Gasteiger partial charge is 0.304 e. The van der Waals surface area contributed by atoms with Crippen molar-refractivity contribution in [2.24, 2.45) is 11.3 Å². The minimum atomic E-state index is -0.839. The number of carboxylic acids is 1. The minimum Gasteiger partial charge on any atom is -0.487 e. The Labute approximate surface area is 139 Å². The first-order valence-corrected chi connectivity index (χ1v) is 8.29. The van der Waals surface area contributed by atoms with E-state index >= 15 is 0 Å². The van der Waals surface area contributed by atoms with E-state index < -0.39 is 5.97 Å². The third-order valence-electron chi connectivity index (χ3n) is 4.36. The number of ether oxygens (including phenoxy) is 1. The largest absolute Gasteiger partial charge is 0.487 e. The van der Waals surface area contributed by atoms with Crippen molar-refractivity contribution in [3.8, 4) is 0 Å². The van der Waals surface area contributed by atoms with Crippen molar-refractivity contribution in [3.63, 3.8) is 0 Å². The third kappa shape index (κ3) is 7.50. The highest BCUT2D eigenvalue weighted by Crippen LogP contribution is 2.38. The van der Waals surface area contributed by atoms with Crippen LogP contribution in [0, 0.1) is 16.7 Å². The summed E-state index contributed by atoms with van der Waals surface area (Å²) in [5.74, 6) is 0.388. The normalized spacial score (nSPS) is 22.5. The van der Waals surface area contributed by atoms with Crippen LogP contribution in [0.1, 0.15) is 52.9 Å². The van der Waals surface area contributed by atoms with Gasteiger partial charge in [-0.3, -0.25) is 4.79 Å². The molecule has 3 N–H and O–H groups in total. The molecule has 0 spiro atoms. The van der Waals surface area contributed by atoms with Gasteiger partial charge in [-0.05, 0) is 37.0 Å². The number of hydrazine groups is 1. The van der Waals surface area contributed by atoms with E-state index in [1.54, 1.807) is 18.3 Å². The molecule has 1 fully saturated rings. The van der Waals surface area contributed by atoms with E-state index in [1.807, 2.05) is 0 Å². The molecular formula is C17H31N3O3.